The number of nitrogens with zero attached hydrogens (tertiary/aromatic N) is 1. The van der Waals surface area contributed by atoms with Crippen molar-refractivity contribution in [2.75, 3.05) is 5.32 Å². The number of carbonyl (C=O) groups excluding carboxylic acids is 1. The summed E-state index contributed by atoms with van der Waals surface area (Å²) in [5.41, 5.74) is 1.87. The molecule has 0 saturated heterocycles. The lowest BCUT2D eigenvalue weighted by molar-refractivity contribution is -0.119. The number of anilines is 1. The van der Waals surface area contributed by atoms with Crippen LogP contribution in [0.1, 0.15) is 19.8 Å². The molecule has 1 amide bonds. The summed E-state index contributed by atoms with van der Waals surface area (Å²) in [4.78, 5) is 16.1. The SMILES string of the molecule is CCCC(=O)NC1=Nc2cccc3cccc(c23)N1. The van der Waals surface area contributed by atoms with Gasteiger partial charge < -0.3 is 5.32 Å². The maximum Gasteiger partial charge on any atom is 0.226 e. The first-order valence-electron chi connectivity index (χ1n) is 6.45. The lowest BCUT2D eigenvalue weighted by Crippen LogP contribution is -2.36. The van der Waals surface area contributed by atoms with Gasteiger partial charge in [0.25, 0.3) is 0 Å². The zero-order valence-electron chi connectivity index (χ0n) is 10.7. The monoisotopic (exact) mass is 253 g/mol. The molecule has 0 saturated carbocycles. The summed E-state index contributed by atoms with van der Waals surface area (Å²) in [7, 11) is 0. The lowest BCUT2D eigenvalue weighted by Gasteiger charge is -2.19. The molecule has 0 radical (unpaired) electrons. The molecular weight excluding hydrogens is 238 g/mol. The summed E-state index contributed by atoms with van der Waals surface area (Å²) in [6.45, 7) is 1.98. The summed E-state index contributed by atoms with van der Waals surface area (Å²) in [6, 6.07) is 12.0. The van der Waals surface area contributed by atoms with Crippen LogP contribution < -0.4 is 10.6 Å². The smallest absolute Gasteiger partial charge is 0.226 e. The molecule has 1 aliphatic heterocycles. The van der Waals surface area contributed by atoms with Gasteiger partial charge in [-0.15, -0.1) is 0 Å². The largest absolute Gasteiger partial charge is 0.325 e. The van der Waals surface area contributed by atoms with Gasteiger partial charge in [-0.3, -0.25) is 10.1 Å². The van der Waals surface area contributed by atoms with Crippen LogP contribution in [0, 0.1) is 0 Å². The Labute approximate surface area is 111 Å². The van der Waals surface area contributed by atoms with E-state index in [4.69, 9.17) is 0 Å². The van der Waals surface area contributed by atoms with E-state index in [9.17, 15) is 4.79 Å². The first-order chi connectivity index (χ1) is 9.28. The second-order valence-electron chi connectivity index (χ2n) is 4.56. The highest BCUT2D eigenvalue weighted by atomic mass is 16.1. The second-order valence-corrected chi connectivity index (χ2v) is 4.56. The van der Waals surface area contributed by atoms with E-state index in [-0.39, 0.29) is 5.91 Å². The van der Waals surface area contributed by atoms with Gasteiger partial charge >= 0.3 is 0 Å². The van der Waals surface area contributed by atoms with Crippen LogP contribution in [0.5, 0.6) is 0 Å². The van der Waals surface area contributed by atoms with Crippen LogP contribution in [0.4, 0.5) is 11.4 Å². The molecule has 1 aliphatic rings. The minimum atomic E-state index is -0.0136. The predicted octanol–water partition coefficient (Wildman–Crippen LogP) is 3.17. The molecule has 1 heterocycles. The molecule has 0 bridgehead atoms. The van der Waals surface area contributed by atoms with Crippen LogP contribution in [0.15, 0.2) is 41.4 Å². The molecular formula is C15H15N3O. The molecule has 0 spiro atoms. The van der Waals surface area contributed by atoms with Crippen molar-refractivity contribution < 1.29 is 4.79 Å². The summed E-state index contributed by atoms with van der Waals surface area (Å²) in [6.07, 6.45) is 1.33. The number of guanidine groups is 1. The molecule has 2 aromatic rings. The normalized spacial score (nSPS) is 12.8. The van der Waals surface area contributed by atoms with Crippen molar-refractivity contribution in [3.63, 3.8) is 0 Å². The molecule has 19 heavy (non-hydrogen) atoms. The van der Waals surface area contributed by atoms with Crippen LogP contribution in [-0.4, -0.2) is 11.9 Å². The van der Waals surface area contributed by atoms with E-state index < -0.39 is 0 Å². The first kappa shape index (κ1) is 11.7. The van der Waals surface area contributed by atoms with E-state index in [1.54, 1.807) is 0 Å². The number of amides is 1. The Hall–Kier alpha value is -2.36. The van der Waals surface area contributed by atoms with Gasteiger partial charge in [0.2, 0.25) is 11.9 Å². The van der Waals surface area contributed by atoms with Gasteiger partial charge in [0.1, 0.15) is 0 Å². The number of rotatable bonds is 2. The fraction of sp³-hybridized carbons (Fsp3) is 0.200. The average Bonchev–Trinajstić information content (AvgIpc) is 2.39. The first-order valence-corrected chi connectivity index (χ1v) is 6.45. The number of nitrogens with one attached hydrogen (secondary N) is 2. The number of benzene rings is 2. The van der Waals surface area contributed by atoms with Gasteiger partial charge in [0, 0.05) is 11.8 Å². The topological polar surface area (TPSA) is 53.5 Å². The number of hydrogen-bond acceptors (Lipinski definition) is 3. The van der Waals surface area contributed by atoms with E-state index in [0.29, 0.717) is 12.4 Å². The number of aliphatic imine (C=N–C) groups is 1. The van der Waals surface area contributed by atoms with E-state index in [0.717, 1.165) is 28.6 Å². The Bertz CT molecular complexity index is 671. The molecule has 0 aliphatic carbocycles. The highest BCUT2D eigenvalue weighted by Crippen LogP contribution is 2.35. The van der Waals surface area contributed by atoms with Crippen molar-refractivity contribution in [3.8, 4) is 0 Å². The molecule has 4 nitrogen and oxygen atoms in total. The number of carbonyl (C=O) groups is 1. The lowest BCUT2D eigenvalue weighted by atomic mass is 10.1. The fourth-order valence-electron chi connectivity index (χ4n) is 2.28. The third-order valence-electron chi connectivity index (χ3n) is 3.10. The van der Waals surface area contributed by atoms with Crippen LogP contribution >= 0.6 is 0 Å². The summed E-state index contributed by atoms with van der Waals surface area (Å²) < 4.78 is 0. The van der Waals surface area contributed by atoms with Gasteiger partial charge in [-0.2, -0.15) is 0 Å². The van der Waals surface area contributed by atoms with Crippen molar-refractivity contribution in [1.82, 2.24) is 5.32 Å². The van der Waals surface area contributed by atoms with Crippen LogP contribution in [0.25, 0.3) is 10.8 Å². The van der Waals surface area contributed by atoms with Gasteiger partial charge in [-0.05, 0) is 23.9 Å². The van der Waals surface area contributed by atoms with E-state index in [2.05, 4.69) is 27.8 Å². The summed E-state index contributed by atoms with van der Waals surface area (Å²) in [5, 5.41) is 8.21. The zero-order valence-corrected chi connectivity index (χ0v) is 10.7. The Morgan fingerprint density at radius 3 is 2.84 bits per heavy atom. The Morgan fingerprint density at radius 2 is 2.05 bits per heavy atom. The minimum absolute atomic E-state index is 0.0136. The second kappa shape index (κ2) is 4.72. The Balaban J connectivity index is 1.98. The fourth-order valence-corrected chi connectivity index (χ4v) is 2.28. The average molecular weight is 253 g/mol. The maximum absolute atomic E-state index is 11.6. The molecule has 4 heteroatoms. The quantitative estimate of drug-likeness (QED) is 0.863. The standard InChI is InChI=1S/C15H15N3O/c1-2-5-13(19)18-15-16-11-8-3-6-10-7-4-9-12(17-15)14(10)11/h3-4,6-9H,2,5H2,1H3,(H2,16,17,18,19). The molecule has 2 aromatic carbocycles. The molecule has 0 unspecified atom stereocenters. The highest BCUT2D eigenvalue weighted by molar-refractivity contribution is 6.15. The third-order valence-corrected chi connectivity index (χ3v) is 3.10. The van der Waals surface area contributed by atoms with Crippen LogP contribution in [0.3, 0.4) is 0 Å². The van der Waals surface area contributed by atoms with Crippen LogP contribution in [-0.2, 0) is 4.79 Å². The van der Waals surface area contributed by atoms with E-state index in [1.165, 1.54) is 0 Å². The number of hydrogen-bond donors (Lipinski definition) is 2. The van der Waals surface area contributed by atoms with Gasteiger partial charge in [-0.25, -0.2) is 4.99 Å². The van der Waals surface area contributed by atoms with Gasteiger partial charge in [0.05, 0.1) is 11.4 Å². The highest BCUT2D eigenvalue weighted by Gasteiger charge is 2.15. The van der Waals surface area contributed by atoms with Gasteiger partial charge in [0.15, 0.2) is 0 Å². The molecule has 3 rings (SSSR count). The Kier molecular flexibility index (Phi) is 2.91. The van der Waals surface area contributed by atoms with Crippen molar-refractivity contribution in [2.45, 2.75) is 19.8 Å². The Morgan fingerprint density at radius 1 is 1.26 bits per heavy atom. The van der Waals surface area contributed by atoms with Crippen molar-refractivity contribution in [1.29, 1.82) is 0 Å². The zero-order chi connectivity index (χ0) is 13.2. The molecule has 0 aromatic heterocycles. The predicted molar refractivity (Wildman–Crippen MR) is 77.7 cm³/mol. The van der Waals surface area contributed by atoms with Crippen molar-refractivity contribution in [3.05, 3.63) is 36.4 Å². The van der Waals surface area contributed by atoms with E-state index in [1.807, 2.05) is 31.2 Å². The van der Waals surface area contributed by atoms with E-state index >= 15 is 0 Å². The summed E-state index contributed by atoms with van der Waals surface area (Å²) in [5.74, 6) is 0.491. The maximum atomic E-state index is 11.6. The molecule has 0 fully saturated rings. The molecule has 0 atom stereocenters. The molecule has 96 valence electrons. The minimum Gasteiger partial charge on any atom is -0.325 e. The van der Waals surface area contributed by atoms with Gasteiger partial charge in [-0.1, -0.05) is 31.2 Å². The van der Waals surface area contributed by atoms with Crippen LogP contribution in [0.2, 0.25) is 0 Å². The van der Waals surface area contributed by atoms with Crippen molar-refractivity contribution >= 4 is 34.0 Å². The third kappa shape index (κ3) is 2.17. The van der Waals surface area contributed by atoms with Crippen molar-refractivity contribution in [2.24, 2.45) is 4.99 Å². The molecule has 2 N–H and O–H groups in total. The summed E-state index contributed by atoms with van der Waals surface area (Å²) >= 11 is 0.